The van der Waals surface area contributed by atoms with E-state index in [-0.39, 0.29) is 24.5 Å². The molecule has 1 aromatic carbocycles. The van der Waals surface area contributed by atoms with Crippen LogP contribution in [0.4, 0.5) is 4.79 Å². The monoisotopic (exact) mass is 407 g/mol. The smallest absolute Gasteiger partial charge is 0.325 e. The quantitative estimate of drug-likeness (QED) is 0.698. The Hall–Kier alpha value is -2.62. The van der Waals surface area contributed by atoms with E-state index in [9.17, 15) is 22.8 Å². The fourth-order valence-electron chi connectivity index (χ4n) is 4.05. The maximum atomic E-state index is 13.2. The van der Waals surface area contributed by atoms with Gasteiger partial charge in [-0.25, -0.2) is 13.2 Å². The van der Waals surface area contributed by atoms with Crippen LogP contribution < -0.4 is 10.1 Å². The van der Waals surface area contributed by atoms with Gasteiger partial charge in [-0.1, -0.05) is 18.2 Å². The fraction of sp³-hybridized carbons (Fsp3) is 0.500. The molecule has 4 amide bonds. The zero-order valence-electron chi connectivity index (χ0n) is 15.4. The maximum absolute atomic E-state index is 13.2. The summed E-state index contributed by atoms with van der Waals surface area (Å²) < 4.78 is 28.9. The van der Waals surface area contributed by atoms with Crippen LogP contribution in [-0.2, 0) is 25.0 Å². The molecular formula is C18H21N3O6S. The van der Waals surface area contributed by atoms with Crippen LogP contribution in [0, 0.1) is 0 Å². The lowest BCUT2D eigenvalue weighted by Gasteiger charge is -2.33. The third-order valence-corrected chi connectivity index (χ3v) is 7.45. The van der Waals surface area contributed by atoms with Crippen LogP contribution in [0.25, 0.3) is 0 Å². The van der Waals surface area contributed by atoms with E-state index in [2.05, 4.69) is 5.32 Å². The molecule has 0 saturated carbocycles. The van der Waals surface area contributed by atoms with Crippen molar-refractivity contribution in [2.45, 2.75) is 24.4 Å². The van der Waals surface area contributed by atoms with Crippen molar-refractivity contribution in [1.29, 1.82) is 0 Å². The number of para-hydroxylation sites is 1. The van der Waals surface area contributed by atoms with Gasteiger partial charge in [0.25, 0.3) is 5.91 Å². The number of ether oxygens (including phenoxy) is 1. The molecule has 2 fully saturated rings. The summed E-state index contributed by atoms with van der Waals surface area (Å²) in [5, 5.41) is 2.74. The molecular weight excluding hydrogens is 386 g/mol. The first kappa shape index (κ1) is 18.7. The van der Waals surface area contributed by atoms with Gasteiger partial charge in [-0.2, -0.15) is 0 Å². The molecule has 0 radical (unpaired) electrons. The number of fused-ring (bicyclic) bond motifs is 2. The second kappa shape index (κ2) is 6.47. The van der Waals surface area contributed by atoms with Gasteiger partial charge in [-0.05, 0) is 12.5 Å². The van der Waals surface area contributed by atoms with Crippen molar-refractivity contribution < 1.29 is 27.5 Å². The molecule has 2 atom stereocenters. The predicted molar refractivity (Wildman–Crippen MR) is 98.3 cm³/mol. The number of rotatable bonds is 3. The highest BCUT2D eigenvalue weighted by Gasteiger charge is 2.55. The number of amides is 4. The van der Waals surface area contributed by atoms with Gasteiger partial charge in [0.15, 0.2) is 15.4 Å². The Morgan fingerprint density at radius 3 is 2.82 bits per heavy atom. The summed E-state index contributed by atoms with van der Waals surface area (Å²) in [4.78, 5) is 40.6. The number of sulfone groups is 1. The van der Waals surface area contributed by atoms with E-state index in [1.54, 1.807) is 24.3 Å². The third kappa shape index (κ3) is 2.92. The van der Waals surface area contributed by atoms with E-state index in [1.165, 1.54) is 11.9 Å². The Balaban J connectivity index is 1.54. The number of likely N-dealkylation sites (N-methyl/N-ethyl adjacent to an activating group) is 1. The van der Waals surface area contributed by atoms with Crippen LogP contribution in [-0.4, -0.2) is 73.8 Å². The van der Waals surface area contributed by atoms with Gasteiger partial charge in [0, 0.05) is 25.1 Å². The molecule has 1 aromatic rings. The molecule has 3 heterocycles. The Morgan fingerprint density at radius 2 is 2.11 bits per heavy atom. The summed E-state index contributed by atoms with van der Waals surface area (Å²) >= 11 is 0. The second-order valence-electron chi connectivity index (χ2n) is 7.38. The molecule has 9 nitrogen and oxygen atoms in total. The Kier molecular flexibility index (Phi) is 4.33. The van der Waals surface area contributed by atoms with E-state index >= 15 is 0 Å². The highest BCUT2D eigenvalue weighted by Crippen LogP contribution is 2.40. The lowest BCUT2D eigenvalue weighted by molar-refractivity contribution is -0.139. The number of nitrogens with zero attached hydrogens (tertiary/aromatic N) is 2. The van der Waals surface area contributed by atoms with Crippen LogP contribution in [0.15, 0.2) is 24.3 Å². The molecule has 0 aromatic heterocycles. The first-order chi connectivity index (χ1) is 13.2. The zero-order valence-corrected chi connectivity index (χ0v) is 16.2. The normalized spacial score (nSPS) is 28.0. The van der Waals surface area contributed by atoms with Crippen molar-refractivity contribution in [3.8, 4) is 5.75 Å². The number of imide groups is 1. The number of urea groups is 1. The topological polar surface area (TPSA) is 113 Å². The van der Waals surface area contributed by atoms with Crippen molar-refractivity contribution in [2.24, 2.45) is 0 Å². The largest absolute Gasteiger partial charge is 0.493 e. The first-order valence-electron chi connectivity index (χ1n) is 9.06. The van der Waals surface area contributed by atoms with Crippen molar-refractivity contribution in [3.05, 3.63) is 29.8 Å². The number of carbonyl (C=O) groups excluding carboxylic acids is 3. The van der Waals surface area contributed by atoms with Gasteiger partial charge in [-0.3, -0.25) is 14.5 Å². The summed E-state index contributed by atoms with van der Waals surface area (Å²) in [5.74, 6) is -0.483. The molecule has 0 unspecified atom stereocenters. The highest BCUT2D eigenvalue weighted by molar-refractivity contribution is 7.91. The number of nitrogens with one attached hydrogen (secondary N) is 1. The molecule has 1 spiro atoms. The average molecular weight is 407 g/mol. The van der Waals surface area contributed by atoms with E-state index in [4.69, 9.17) is 4.74 Å². The molecule has 10 heteroatoms. The van der Waals surface area contributed by atoms with Gasteiger partial charge in [0.05, 0.1) is 18.1 Å². The maximum Gasteiger partial charge on any atom is 0.325 e. The van der Waals surface area contributed by atoms with E-state index in [1.807, 2.05) is 0 Å². The number of benzene rings is 1. The lowest BCUT2D eigenvalue weighted by Crippen LogP contribution is -2.49. The van der Waals surface area contributed by atoms with Crippen LogP contribution in [0.3, 0.4) is 0 Å². The summed E-state index contributed by atoms with van der Waals surface area (Å²) in [6.45, 7) is -0.160. The van der Waals surface area contributed by atoms with Gasteiger partial charge < -0.3 is 15.0 Å². The third-order valence-electron chi connectivity index (χ3n) is 5.70. The van der Waals surface area contributed by atoms with Gasteiger partial charge >= 0.3 is 6.03 Å². The molecule has 4 rings (SSSR count). The van der Waals surface area contributed by atoms with Crippen LogP contribution in [0.1, 0.15) is 18.4 Å². The molecule has 2 saturated heterocycles. The SMILES string of the molecule is CN(C(=O)CN1C(=O)N[C@]2(CCOc3ccccc32)C1=O)[C@H]1CCS(=O)(=O)C1. The van der Waals surface area contributed by atoms with Crippen molar-refractivity contribution in [3.63, 3.8) is 0 Å². The summed E-state index contributed by atoms with van der Waals surface area (Å²) in [6.07, 6.45) is 0.634. The second-order valence-corrected chi connectivity index (χ2v) is 9.61. The summed E-state index contributed by atoms with van der Waals surface area (Å²) in [6, 6.07) is 5.94. The Bertz CT molecular complexity index is 962. The molecule has 1 N–H and O–H groups in total. The molecule has 150 valence electrons. The molecule has 3 aliphatic rings. The summed E-state index contributed by atoms with van der Waals surface area (Å²) in [7, 11) is -1.64. The molecule has 0 aliphatic carbocycles. The number of hydrogen-bond donors (Lipinski definition) is 1. The van der Waals surface area contributed by atoms with Crippen molar-refractivity contribution in [2.75, 3.05) is 31.7 Å². The fourth-order valence-corrected chi connectivity index (χ4v) is 5.82. The number of carbonyl (C=O) groups is 3. The zero-order chi connectivity index (χ0) is 20.1. The van der Waals surface area contributed by atoms with Crippen molar-refractivity contribution in [1.82, 2.24) is 15.1 Å². The van der Waals surface area contributed by atoms with Crippen LogP contribution >= 0.6 is 0 Å². The van der Waals surface area contributed by atoms with Gasteiger partial charge in [-0.15, -0.1) is 0 Å². The van der Waals surface area contributed by atoms with E-state index < -0.39 is 45.8 Å². The average Bonchev–Trinajstić information content (AvgIpc) is 3.14. The first-order valence-corrected chi connectivity index (χ1v) is 10.9. The standard InChI is InChI=1S/C18H21N3O6S/c1-20(12-6-9-28(25,26)11-12)15(22)10-21-16(23)18(19-17(21)24)7-8-27-14-5-3-2-4-13(14)18/h2-5,12H,6-11H2,1H3,(H,19,24)/t12-,18-/m0/s1. The lowest BCUT2D eigenvalue weighted by atomic mass is 9.84. The van der Waals surface area contributed by atoms with E-state index in [0.717, 1.165) is 4.90 Å². The van der Waals surface area contributed by atoms with Crippen molar-refractivity contribution >= 4 is 27.7 Å². The highest BCUT2D eigenvalue weighted by atomic mass is 32.2. The predicted octanol–water partition coefficient (Wildman–Crippen LogP) is -0.138. The molecule has 0 bridgehead atoms. The minimum Gasteiger partial charge on any atom is -0.493 e. The van der Waals surface area contributed by atoms with Gasteiger partial charge in [0.1, 0.15) is 12.3 Å². The Morgan fingerprint density at radius 1 is 1.36 bits per heavy atom. The summed E-state index contributed by atoms with van der Waals surface area (Å²) in [5.41, 5.74) is -0.661. The van der Waals surface area contributed by atoms with Gasteiger partial charge in [0.2, 0.25) is 5.91 Å². The van der Waals surface area contributed by atoms with Crippen LogP contribution in [0.2, 0.25) is 0 Å². The molecule has 28 heavy (non-hydrogen) atoms. The van der Waals surface area contributed by atoms with Crippen LogP contribution in [0.5, 0.6) is 5.75 Å². The minimum atomic E-state index is -3.15. The number of hydrogen-bond acceptors (Lipinski definition) is 6. The Labute approximate surface area is 162 Å². The molecule has 3 aliphatic heterocycles. The van der Waals surface area contributed by atoms with E-state index in [0.29, 0.717) is 17.7 Å². The minimum absolute atomic E-state index is 0.0400.